The van der Waals surface area contributed by atoms with Crippen molar-refractivity contribution >= 4 is 33.1 Å². The second-order valence-corrected chi connectivity index (χ2v) is 7.72. The van der Waals surface area contributed by atoms with Gasteiger partial charge in [0.2, 0.25) is 0 Å². The fourth-order valence-corrected chi connectivity index (χ4v) is 4.07. The molecule has 1 amide bonds. The molecule has 0 radical (unpaired) electrons. The number of anilines is 1. The van der Waals surface area contributed by atoms with Crippen LogP contribution in [-0.2, 0) is 13.6 Å². The minimum absolute atomic E-state index is 0.200. The second-order valence-electron chi connectivity index (χ2n) is 6.72. The number of rotatable bonds is 4. The Kier molecular flexibility index (Phi) is 4.56. The van der Waals surface area contributed by atoms with Gasteiger partial charge < -0.3 is 11.1 Å². The van der Waals surface area contributed by atoms with E-state index >= 15 is 0 Å². The van der Waals surface area contributed by atoms with Crippen LogP contribution in [0.1, 0.15) is 26.5 Å². The first-order valence-corrected chi connectivity index (χ1v) is 9.63. The average Bonchev–Trinajstić information content (AvgIpc) is 3.27. The molecule has 0 unspecified atom stereocenters. The molecule has 0 spiro atoms. The number of amides is 1. The van der Waals surface area contributed by atoms with Gasteiger partial charge in [-0.15, -0.1) is 16.4 Å². The molecule has 1 aromatic carbocycles. The van der Waals surface area contributed by atoms with E-state index in [1.165, 1.54) is 11.3 Å². The second kappa shape index (κ2) is 7.05. The Morgan fingerprint density at radius 2 is 1.93 bits per heavy atom. The van der Waals surface area contributed by atoms with Crippen molar-refractivity contribution < 1.29 is 4.79 Å². The summed E-state index contributed by atoms with van der Waals surface area (Å²) in [7, 11) is 1.89. The normalized spacial score (nSPS) is 11.1. The van der Waals surface area contributed by atoms with Crippen LogP contribution in [0.5, 0.6) is 0 Å². The highest BCUT2D eigenvalue weighted by Gasteiger charge is 2.19. The maximum absolute atomic E-state index is 12.7. The molecular formula is C20H20N6OS. The Hall–Kier alpha value is -3.26. The number of aryl methyl sites for hydroxylation is 3. The summed E-state index contributed by atoms with van der Waals surface area (Å²) in [5, 5.41) is 16.2. The van der Waals surface area contributed by atoms with E-state index in [-0.39, 0.29) is 5.91 Å². The standard InChI is InChI=1S/C20H20N6OS/c1-11-12(2)24-25-20-16(11)17(21)18(28-20)19(27)22-8-13-4-6-14(7-5-13)15-9-23-26(3)10-15/h4-7,9-10H,8,21H2,1-3H3,(H,22,27). The minimum atomic E-state index is -0.200. The molecule has 0 aliphatic rings. The number of carbonyl (C=O) groups is 1. The summed E-state index contributed by atoms with van der Waals surface area (Å²) in [6, 6.07) is 8.04. The smallest absolute Gasteiger partial charge is 0.263 e. The van der Waals surface area contributed by atoms with Gasteiger partial charge in [-0.3, -0.25) is 9.48 Å². The van der Waals surface area contributed by atoms with Crippen molar-refractivity contribution in [3.05, 3.63) is 58.4 Å². The van der Waals surface area contributed by atoms with E-state index in [1.807, 2.05) is 57.6 Å². The Balaban J connectivity index is 1.49. The lowest BCUT2D eigenvalue weighted by Gasteiger charge is -2.06. The van der Waals surface area contributed by atoms with Crippen molar-refractivity contribution in [2.45, 2.75) is 20.4 Å². The summed E-state index contributed by atoms with van der Waals surface area (Å²) in [6.07, 6.45) is 3.79. The van der Waals surface area contributed by atoms with Gasteiger partial charge in [0, 0.05) is 30.7 Å². The van der Waals surface area contributed by atoms with Crippen LogP contribution in [0.25, 0.3) is 21.3 Å². The maximum atomic E-state index is 12.7. The molecule has 3 N–H and O–H groups in total. The van der Waals surface area contributed by atoms with E-state index in [1.54, 1.807) is 4.68 Å². The van der Waals surface area contributed by atoms with Gasteiger partial charge in [-0.25, -0.2) is 0 Å². The van der Waals surface area contributed by atoms with Gasteiger partial charge in [0.1, 0.15) is 9.71 Å². The van der Waals surface area contributed by atoms with Crippen molar-refractivity contribution in [1.29, 1.82) is 0 Å². The summed E-state index contributed by atoms with van der Waals surface area (Å²) < 4.78 is 1.77. The summed E-state index contributed by atoms with van der Waals surface area (Å²) >= 11 is 1.27. The maximum Gasteiger partial charge on any atom is 0.263 e. The number of hydrogen-bond donors (Lipinski definition) is 2. The number of benzene rings is 1. The Bertz CT molecular complexity index is 1180. The molecular weight excluding hydrogens is 372 g/mol. The monoisotopic (exact) mass is 392 g/mol. The Morgan fingerprint density at radius 1 is 1.18 bits per heavy atom. The van der Waals surface area contributed by atoms with Gasteiger partial charge in [-0.1, -0.05) is 24.3 Å². The van der Waals surface area contributed by atoms with Crippen LogP contribution in [0.15, 0.2) is 36.7 Å². The van der Waals surface area contributed by atoms with Crippen LogP contribution in [0.4, 0.5) is 5.69 Å². The zero-order valence-electron chi connectivity index (χ0n) is 15.9. The summed E-state index contributed by atoms with van der Waals surface area (Å²) in [5.74, 6) is -0.200. The van der Waals surface area contributed by atoms with E-state index in [9.17, 15) is 4.79 Å². The molecule has 4 rings (SSSR count). The van der Waals surface area contributed by atoms with E-state index in [0.717, 1.165) is 33.3 Å². The van der Waals surface area contributed by atoms with E-state index in [4.69, 9.17) is 5.73 Å². The molecule has 0 aliphatic heterocycles. The largest absolute Gasteiger partial charge is 0.397 e. The van der Waals surface area contributed by atoms with Crippen molar-refractivity contribution in [2.75, 3.05) is 5.73 Å². The summed E-state index contributed by atoms with van der Waals surface area (Å²) in [5.41, 5.74) is 11.6. The molecule has 0 aliphatic carbocycles. The number of nitrogen functional groups attached to an aromatic ring is 1. The molecule has 0 bridgehead atoms. The molecule has 0 saturated carbocycles. The molecule has 7 nitrogen and oxygen atoms in total. The lowest BCUT2D eigenvalue weighted by molar-refractivity contribution is 0.0956. The number of fused-ring (bicyclic) bond motifs is 1. The summed E-state index contributed by atoms with van der Waals surface area (Å²) in [6.45, 7) is 4.25. The number of hydrogen-bond acceptors (Lipinski definition) is 6. The number of thiophene rings is 1. The van der Waals surface area contributed by atoms with Gasteiger partial charge in [-0.05, 0) is 30.5 Å². The van der Waals surface area contributed by atoms with Crippen LogP contribution in [0.3, 0.4) is 0 Å². The topological polar surface area (TPSA) is 98.7 Å². The average molecular weight is 392 g/mol. The van der Waals surface area contributed by atoms with E-state index < -0.39 is 0 Å². The zero-order chi connectivity index (χ0) is 19.8. The SMILES string of the molecule is Cc1nnc2sc(C(=O)NCc3ccc(-c4cnn(C)c4)cc3)c(N)c2c1C. The third kappa shape index (κ3) is 3.22. The highest BCUT2D eigenvalue weighted by Crippen LogP contribution is 2.34. The number of aromatic nitrogens is 4. The third-order valence-corrected chi connectivity index (χ3v) is 5.88. The molecule has 142 valence electrons. The van der Waals surface area contributed by atoms with Gasteiger partial charge in [0.25, 0.3) is 5.91 Å². The van der Waals surface area contributed by atoms with Gasteiger partial charge in [0.15, 0.2) is 0 Å². The molecule has 4 aromatic rings. The van der Waals surface area contributed by atoms with Crippen molar-refractivity contribution in [3.63, 3.8) is 0 Å². The zero-order valence-corrected chi connectivity index (χ0v) is 16.7. The lowest BCUT2D eigenvalue weighted by atomic mass is 10.1. The first-order valence-electron chi connectivity index (χ1n) is 8.82. The first kappa shape index (κ1) is 18.1. The third-order valence-electron chi connectivity index (χ3n) is 4.79. The Morgan fingerprint density at radius 3 is 2.61 bits per heavy atom. The fourth-order valence-electron chi connectivity index (χ4n) is 3.06. The van der Waals surface area contributed by atoms with Crippen LogP contribution in [-0.4, -0.2) is 25.9 Å². The van der Waals surface area contributed by atoms with Crippen LogP contribution in [0, 0.1) is 13.8 Å². The quantitative estimate of drug-likeness (QED) is 0.556. The summed E-state index contributed by atoms with van der Waals surface area (Å²) in [4.78, 5) is 13.8. The van der Waals surface area contributed by atoms with Crippen LogP contribution < -0.4 is 11.1 Å². The number of nitrogens with two attached hydrogens (primary N) is 1. The predicted molar refractivity (Wildman–Crippen MR) is 111 cm³/mol. The number of nitrogens with one attached hydrogen (secondary N) is 1. The van der Waals surface area contributed by atoms with Gasteiger partial charge in [-0.2, -0.15) is 10.2 Å². The lowest BCUT2D eigenvalue weighted by Crippen LogP contribution is -2.22. The molecule has 0 atom stereocenters. The first-order chi connectivity index (χ1) is 13.4. The van der Waals surface area contributed by atoms with E-state index in [0.29, 0.717) is 21.9 Å². The van der Waals surface area contributed by atoms with Gasteiger partial charge in [0.05, 0.1) is 17.6 Å². The molecule has 0 saturated heterocycles. The molecule has 28 heavy (non-hydrogen) atoms. The molecule has 0 fully saturated rings. The predicted octanol–water partition coefficient (Wildman–Crippen LogP) is 3.22. The Labute approximate surface area is 166 Å². The number of carbonyl (C=O) groups excluding carboxylic acids is 1. The van der Waals surface area contributed by atoms with Crippen LogP contribution >= 0.6 is 11.3 Å². The van der Waals surface area contributed by atoms with Crippen molar-refractivity contribution in [1.82, 2.24) is 25.3 Å². The van der Waals surface area contributed by atoms with Gasteiger partial charge >= 0.3 is 0 Å². The molecule has 3 aromatic heterocycles. The number of nitrogens with zero attached hydrogens (tertiary/aromatic N) is 4. The van der Waals surface area contributed by atoms with E-state index in [2.05, 4.69) is 20.6 Å². The molecule has 3 heterocycles. The highest BCUT2D eigenvalue weighted by atomic mass is 32.1. The van der Waals surface area contributed by atoms with Crippen molar-refractivity contribution in [2.24, 2.45) is 7.05 Å². The van der Waals surface area contributed by atoms with Crippen LogP contribution in [0.2, 0.25) is 0 Å². The fraction of sp³-hybridized carbons (Fsp3) is 0.200. The highest BCUT2D eigenvalue weighted by molar-refractivity contribution is 7.21. The molecule has 8 heteroatoms. The van der Waals surface area contributed by atoms with Crippen molar-refractivity contribution in [3.8, 4) is 11.1 Å². The minimum Gasteiger partial charge on any atom is -0.397 e.